The molecule has 2 heterocycles. The van der Waals surface area contributed by atoms with Gasteiger partial charge in [-0.25, -0.2) is 14.4 Å². The van der Waals surface area contributed by atoms with Gasteiger partial charge in [0.15, 0.2) is 11.6 Å². The van der Waals surface area contributed by atoms with Crippen molar-refractivity contribution in [3.05, 3.63) is 52.2 Å². The van der Waals surface area contributed by atoms with Crippen LogP contribution in [-0.4, -0.2) is 34.7 Å². The zero-order valence-corrected chi connectivity index (χ0v) is 14.6. The number of carbonyl (C=O) groups excluding carboxylic acids is 1. The highest BCUT2D eigenvalue weighted by atomic mass is 35.5. The predicted octanol–water partition coefficient (Wildman–Crippen LogP) is 1.37. The average molecular weight is 377 g/mol. The molecule has 1 saturated heterocycles. The summed E-state index contributed by atoms with van der Waals surface area (Å²) in [6, 6.07) is 4.33. The maximum Gasteiger partial charge on any atom is 0.229 e. The van der Waals surface area contributed by atoms with Gasteiger partial charge >= 0.3 is 0 Å². The molecule has 3 rings (SSSR count). The molecule has 0 bridgehead atoms. The molecular formula is C17H18ClFN6O. The van der Waals surface area contributed by atoms with E-state index < -0.39 is 17.1 Å². The van der Waals surface area contributed by atoms with Crippen molar-refractivity contribution >= 4 is 29.0 Å². The van der Waals surface area contributed by atoms with Gasteiger partial charge < -0.3 is 16.8 Å². The van der Waals surface area contributed by atoms with E-state index in [-0.39, 0.29) is 27.8 Å². The summed E-state index contributed by atoms with van der Waals surface area (Å²) in [6.07, 6.45) is 2.35. The SMILES string of the molecule is N=C(c1cccc(Cl)c1F)c1ncc(C2(C(N)=O)CCNCC2)nc1N. The number of nitrogens with two attached hydrogens (primary N) is 2. The molecule has 0 spiro atoms. The summed E-state index contributed by atoms with van der Waals surface area (Å²) < 4.78 is 14.2. The van der Waals surface area contributed by atoms with Gasteiger partial charge in [0, 0.05) is 5.56 Å². The first-order valence-corrected chi connectivity index (χ1v) is 8.41. The van der Waals surface area contributed by atoms with Crippen LogP contribution in [-0.2, 0) is 10.2 Å². The van der Waals surface area contributed by atoms with Crippen LogP contribution in [0.2, 0.25) is 5.02 Å². The van der Waals surface area contributed by atoms with E-state index in [9.17, 15) is 9.18 Å². The molecule has 26 heavy (non-hydrogen) atoms. The van der Waals surface area contributed by atoms with Gasteiger partial charge in [-0.1, -0.05) is 17.7 Å². The average Bonchev–Trinajstić information content (AvgIpc) is 2.64. The zero-order chi connectivity index (χ0) is 18.9. The summed E-state index contributed by atoms with van der Waals surface area (Å²) in [6.45, 7) is 1.24. The summed E-state index contributed by atoms with van der Waals surface area (Å²) in [5, 5.41) is 11.3. The standard InChI is InChI=1S/C17H18ClFN6O/c18-10-3-1-2-9(12(10)19)13(20)14-15(21)25-11(8-24-14)17(16(22)26)4-6-23-7-5-17/h1-3,8,20,23H,4-7H2,(H2,21,25)(H2,22,26). The predicted molar refractivity (Wildman–Crippen MR) is 96.8 cm³/mol. The maximum absolute atomic E-state index is 14.2. The molecule has 7 nitrogen and oxygen atoms in total. The van der Waals surface area contributed by atoms with Crippen molar-refractivity contribution in [1.82, 2.24) is 15.3 Å². The minimum atomic E-state index is -0.950. The van der Waals surface area contributed by atoms with E-state index in [0.29, 0.717) is 31.6 Å². The number of aromatic nitrogens is 2. The fraction of sp³-hybridized carbons (Fsp3) is 0.294. The van der Waals surface area contributed by atoms with Crippen LogP contribution >= 0.6 is 11.6 Å². The van der Waals surface area contributed by atoms with Crippen molar-refractivity contribution < 1.29 is 9.18 Å². The molecule has 9 heteroatoms. The summed E-state index contributed by atoms with van der Waals surface area (Å²) >= 11 is 5.77. The monoisotopic (exact) mass is 376 g/mol. The number of nitrogens with one attached hydrogen (secondary N) is 2. The number of anilines is 1. The van der Waals surface area contributed by atoms with E-state index in [1.54, 1.807) is 0 Å². The minimum absolute atomic E-state index is 0.0171. The molecular weight excluding hydrogens is 359 g/mol. The second-order valence-corrected chi connectivity index (χ2v) is 6.57. The number of primary amides is 1. The van der Waals surface area contributed by atoms with Crippen molar-refractivity contribution in [3.63, 3.8) is 0 Å². The van der Waals surface area contributed by atoms with Crippen LogP contribution in [0.3, 0.4) is 0 Å². The van der Waals surface area contributed by atoms with Gasteiger partial charge in [0.05, 0.1) is 28.0 Å². The molecule has 1 aliphatic heterocycles. The van der Waals surface area contributed by atoms with Gasteiger partial charge in [-0.2, -0.15) is 0 Å². The van der Waals surface area contributed by atoms with Crippen molar-refractivity contribution in [2.75, 3.05) is 18.8 Å². The van der Waals surface area contributed by atoms with E-state index >= 15 is 0 Å². The van der Waals surface area contributed by atoms with Gasteiger partial charge in [-0.15, -0.1) is 0 Å². The molecule has 136 valence electrons. The fourth-order valence-electron chi connectivity index (χ4n) is 3.13. The molecule has 1 aromatic heterocycles. The lowest BCUT2D eigenvalue weighted by Crippen LogP contribution is -2.49. The Morgan fingerprint density at radius 3 is 2.65 bits per heavy atom. The molecule has 1 aliphatic rings. The number of hydrogen-bond donors (Lipinski definition) is 4. The fourth-order valence-corrected chi connectivity index (χ4v) is 3.31. The summed E-state index contributed by atoms with van der Waals surface area (Å²) in [4.78, 5) is 20.5. The summed E-state index contributed by atoms with van der Waals surface area (Å²) in [5.74, 6) is -1.28. The minimum Gasteiger partial charge on any atom is -0.382 e. The van der Waals surface area contributed by atoms with E-state index in [0.717, 1.165) is 0 Å². The molecule has 0 radical (unpaired) electrons. The first-order valence-electron chi connectivity index (χ1n) is 8.04. The first-order chi connectivity index (χ1) is 12.4. The Balaban J connectivity index is 2.01. The van der Waals surface area contributed by atoms with E-state index in [1.165, 1.54) is 24.4 Å². The van der Waals surface area contributed by atoms with E-state index in [4.69, 9.17) is 28.5 Å². The number of benzene rings is 1. The molecule has 1 fully saturated rings. The molecule has 0 aliphatic carbocycles. The Hall–Kier alpha value is -2.58. The number of nitrogen functional groups attached to an aromatic ring is 1. The van der Waals surface area contributed by atoms with E-state index in [2.05, 4.69) is 15.3 Å². The molecule has 1 aromatic carbocycles. The van der Waals surface area contributed by atoms with Crippen LogP contribution in [0.15, 0.2) is 24.4 Å². The van der Waals surface area contributed by atoms with Gasteiger partial charge in [-0.05, 0) is 38.1 Å². The Bertz CT molecular complexity index is 882. The molecule has 0 unspecified atom stereocenters. The maximum atomic E-state index is 14.2. The Morgan fingerprint density at radius 2 is 2.04 bits per heavy atom. The van der Waals surface area contributed by atoms with Crippen molar-refractivity contribution in [3.8, 4) is 0 Å². The summed E-state index contributed by atoms with van der Waals surface area (Å²) in [5.41, 5.74) is 10.8. The first kappa shape index (κ1) is 18.2. The van der Waals surface area contributed by atoms with Gasteiger partial charge in [0.25, 0.3) is 0 Å². The zero-order valence-electron chi connectivity index (χ0n) is 13.9. The third-order valence-electron chi connectivity index (χ3n) is 4.68. The second-order valence-electron chi connectivity index (χ2n) is 6.16. The largest absolute Gasteiger partial charge is 0.382 e. The normalized spacial score (nSPS) is 16.2. The number of nitrogens with zero attached hydrogens (tertiary/aromatic N) is 2. The number of hydrogen-bond acceptors (Lipinski definition) is 6. The van der Waals surface area contributed by atoms with Crippen LogP contribution in [0.25, 0.3) is 0 Å². The van der Waals surface area contributed by atoms with Gasteiger partial charge in [-0.3, -0.25) is 10.2 Å². The van der Waals surface area contributed by atoms with E-state index in [1.807, 2.05) is 0 Å². The van der Waals surface area contributed by atoms with Crippen molar-refractivity contribution in [2.24, 2.45) is 5.73 Å². The van der Waals surface area contributed by atoms with Crippen LogP contribution in [0.1, 0.15) is 29.8 Å². The molecule has 0 atom stereocenters. The Kier molecular flexibility index (Phi) is 4.88. The molecule has 6 N–H and O–H groups in total. The second kappa shape index (κ2) is 6.97. The number of amides is 1. The van der Waals surface area contributed by atoms with Crippen molar-refractivity contribution in [2.45, 2.75) is 18.3 Å². The lowest BCUT2D eigenvalue weighted by molar-refractivity contribution is -0.124. The number of carbonyl (C=O) groups is 1. The van der Waals surface area contributed by atoms with Crippen LogP contribution in [0, 0.1) is 11.2 Å². The Labute approximate surface area is 154 Å². The highest BCUT2D eigenvalue weighted by Gasteiger charge is 2.41. The molecule has 1 amide bonds. The van der Waals surface area contributed by atoms with Gasteiger partial charge in [0.1, 0.15) is 5.69 Å². The van der Waals surface area contributed by atoms with Crippen LogP contribution in [0.5, 0.6) is 0 Å². The molecule has 0 saturated carbocycles. The number of halogens is 2. The lowest BCUT2D eigenvalue weighted by atomic mass is 9.75. The number of piperidine rings is 1. The van der Waals surface area contributed by atoms with Crippen LogP contribution < -0.4 is 16.8 Å². The number of rotatable bonds is 4. The Morgan fingerprint density at radius 1 is 1.35 bits per heavy atom. The summed E-state index contributed by atoms with van der Waals surface area (Å²) in [7, 11) is 0. The smallest absolute Gasteiger partial charge is 0.229 e. The van der Waals surface area contributed by atoms with Crippen LogP contribution in [0.4, 0.5) is 10.2 Å². The quantitative estimate of drug-likeness (QED) is 0.598. The molecule has 2 aromatic rings. The third-order valence-corrected chi connectivity index (χ3v) is 4.97. The highest BCUT2D eigenvalue weighted by Crippen LogP contribution is 2.32. The lowest BCUT2D eigenvalue weighted by Gasteiger charge is -2.34. The highest BCUT2D eigenvalue weighted by molar-refractivity contribution is 6.31. The van der Waals surface area contributed by atoms with Crippen molar-refractivity contribution in [1.29, 1.82) is 5.41 Å². The topological polar surface area (TPSA) is 131 Å². The van der Waals surface area contributed by atoms with Gasteiger partial charge in [0.2, 0.25) is 5.91 Å². The third kappa shape index (κ3) is 3.02.